The fraction of sp³-hybridized carbons (Fsp3) is 0.308. The summed E-state index contributed by atoms with van der Waals surface area (Å²) in [6, 6.07) is 6.75. The van der Waals surface area contributed by atoms with Crippen molar-refractivity contribution < 1.29 is 15.0 Å². The standard InChI is InChI=1S/C13H16N2O3/c14-11(13(17)18)6-9(16)5-8-7-15-12-4-2-1-3-10(8)12/h1-4,7,9,11,15-16H,5-6,14H2,(H,17,18)/t9-,11+/m0/s1. The van der Waals surface area contributed by atoms with Crippen molar-refractivity contribution >= 4 is 16.9 Å². The first kappa shape index (κ1) is 12.6. The molecular formula is C13H16N2O3. The highest BCUT2D eigenvalue weighted by Crippen LogP contribution is 2.19. The second kappa shape index (κ2) is 5.20. The Balaban J connectivity index is 2.07. The number of benzene rings is 1. The van der Waals surface area contributed by atoms with Crippen molar-refractivity contribution in [3.63, 3.8) is 0 Å². The van der Waals surface area contributed by atoms with Gasteiger partial charge in [-0.2, -0.15) is 0 Å². The topological polar surface area (TPSA) is 99.3 Å². The summed E-state index contributed by atoms with van der Waals surface area (Å²) in [7, 11) is 0. The molecule has 1 aromatic carbocycles. The van der Waals surface area contributed by atoms with Gasteiger partial charge < -0.3 is 20.9 Å². The van der Waals surface area contributed by atoms with E-state index in [1.807, 2.05) is 30.5 Å². The molecule has 0 saturated carbocycles. The minimum atomic E-state index is -1.09. The molecule has 2 rings (SSSR count). The summed E-state index contributed by atoms with van der Waals surface area (Å²) < 4.78 is 0. The minimum Gasteiger partial charge on any atom is -0.480 e. The number of aromatic nitrogens is 1. The van der Waals surface area contributed by atoms with Gasteiger partial charge in [0.2, 0.25) is 0 Å². The van der Waals surface area contributed by atoms with Crippen molar-refractivity contribution in [3.8, 4) is 0 Å². The van der Waals surface area contributed by atoms with Gasteiger partial charge in [-0.25, -0.2) is 0 Å². The van der Waals surface area contributed by atoms with Gasteiger partial charge in [0.1, 0.15) is 6.04 Å². The summed E-state index contributed by atoms with van der Waals surface area (Å²) in [5.74, 6) is -1.09. The van der Waals surface area contributed by atoms with Crippen molar-refractivity contribution in [3.05, 3.63) is 36.0 Å². The minimum absolute atomic E-state index is 0.0504. The number of hydrogen-bond donors (Lipinski definition) is 4. The van der Waals surface area contributed by atoms with E-state index < -0.39 is 18.1 Å². The van der Waals surface area contributed by atoms with Crippen LogP contribution in [0.3, 0.4) is 0 Å². The maximum absolute atomic E-state index is 10.6. The molecule has 5 nitrogen and oxygen atoms in total. The zero-order chi connectivity index (χ0) is 13.1. The molecule has 0 aliphatic carbocycles. The molecule has 0 amide bonds. The molecule has 0 saturated heterocycles. The van der Waals surface area contributed by atoms with E-state index in [1.165, 1.54) is 0 Å². The number of carboxylic acids is 1. The number of carboxylic acid groups (broad SMARTS) is 1. The Morgan fingerprint density at radius 3 is 2.83 bits per heavy atom. The first-order valence-corrected chi connectivity index (χ1v) is 5.79. The first-order chi connectivity index (χ1) is 8.58. The molecule has 1 heterocycles. The predicted molar refractivity (Wildman–Crippen MR) is 68.2 cm³/mol. The fourth-order valence-electron chi connectivity index (χ4n) is 2.03. The molecular weight excluding hydrogens is 232 g/mol. The van der Waals surface area contributed by atoms with Crippen molar-refractivity contribution in [2.75, 3.05) is 0 Å². The number of nitrogens with two attached hydrogens (primary N) is 1. The molecule has 1 aromatic heterocycles. The third-order valence-electron chi connectivity index (χ3n) is 2.97. The largest absolute Gasteiger partial charge is 0.480 e. The van der Waals surface area contributed by atoms with Crippen LogP contribution in [0, 0.1) is 0 Å². The summed E-state index contributed by atoms with van der Waals surface area (Å²) in [6.45, 7) is 0. The SMILES string of the molecule is N[C@H](C[C@@H](O)Cc1c[nH]c2ccccc12)C(=O)O. The quantitative estimate of drug-likeness (QED) is 0.631. The highest BCUT2D eigenvalue weighted by Gasteiger charge is 2.18. The van der Waals surface area contributed by atoms with Crippen molar-refractivity contribution in [2.45, 2.75) is 25.0 Å². The number of aliphatic carboxylic acids is 1. The molecule has 96 valence electrons. The Morgan fingerprint density at radius 1 is 1.39 bits per heavy atom. The lowest BCUT2D eigenvalue weighted by atomic mass is 10.0. The molecule has 0 bridgehead atoms. The van der Waals surface area contributed by atoms with E-state index in [-0.39, 0.29) is 6.42 Å². The van der Waals surface area contributed by atoms with Gasteiger partial charge >= 0.3 is 5.97 Å². The zero-order valence-electron chi connectivity index (χ0n) is 9.84. The Kier molecular flexibility index (Phi) is 3.64. The normalized spacial score (nSPS) is 14.6. The Labute approximate surface area is 104 Å². The lowest BCUT2D eigenvalue weighted by Gasteiger charge is -2.12. The van der Waals surface area contributed by atoms with Gasteiger partial charge in [0.05, 0.1) is 6.10 Å². The van der Waals surface area contributed by atoms with Crippen LogP contribution < -0.4 is 5.73 Å². The number of para-hydroxylation sites is 1. The van der Waals surface area contributed by atoms with Gasteiger partial charge in [-0.05, 0) is 18.1 Å². The average Bonchev–Trinajstić information content (AvgIpc) is 2.72. The number of fused-ring (bicyclic) bond motifs is 1. The van der Waals surface area contributed by atoms with E-state index in [4.69, 9.17) is 10.8 Å². The van der Waals surface area contributed by atoms with Gasteiger partial charge in [-0.1, -0.05) is 18.2 Å². The number of rotatable bonds is 5. The summed E-state index contributed by atoms with van der Waals surface area (Å²) >= 11 is 0. The molecule has 0 aliphatic heterocycles. The second-order valence-corrected chi connectivity index (χ2v) is 4.40. The van der Waals surface area contributed by atoms with Gasteiger partial charge in [-0.15, -0.1) is 0 Å². The van der Waals surface area contributed by atoms with E-state index in [9.17, 15) is 9.90 Å². The molecule has 0 unspecified atom stereocenters. The van der Waals surface area contributed by atoms with Crippen LogP contribution in [0.15, 0.2) is 30.5 Å². The van der Waals surface area contributed by atoms with Crippen LogP contribution in [-0.2, 0) is 11.2 Å². The molecule has 0 radical (unpaired) electrons. The molecule has 5 heteroatoms. The molecule has 0 fully saturated rings. The number of aliphatic hydroxyl groups is 1. The zero-order valence-corrected chi connectivity index (χ0v) is 9.84. The van der Waals surface area contributed by atoms with E-state index in [0.717, 1.165) is 16.5 Å². The smallest absolute Gasteiger partial charge is 0.320 e. The van der Waals surface area contributed by atoms with Crippen molar-refractivity contribution in [1.29, 1.82) is 0 Å². The number of hydrogen-bond acceptors (Lipinski definition) is 3. The maximum Gasteiger partial charge on any atom is 0.320 e. The summed E-state index contributed by atoms with van der Waals surface area (Å²) in [6.07, 6.45) is 1.52. The summed E-state index contributed by atoms with van der Waals surface area (Å²) in [5, 5.41) is 19.6. The highest BCUT2D eigenvalue weighted by atomic mass is 16.4. The van der Waals surface area contributed by atoms with Crippen LogP contribution in [0.5, 0.6) is 0 Å². The van der Waals surface area contributed by atoms with E-state index in [1.54, 1.807) is 0 Å². The lowest BCUT2D eigenvalue weighted by molar-refractivity contribution is -0.139. The Hall–Kier alpha value is -1.85. The van der Waals surface area contributed by atoms with Crippen LogP contribution in [0.4, 0.5) is 0 Å². The van der Waals surface area contributed by atoms with E-state index >= 15 is 0 Å². The third kappa shape index (κ3) is 2.69. The van der Waals surface area contributed by atoms with Crippen molar-refractivity contribution in [2.24, 2.45) is 5.73 Å². The van der Waals surface area contributed by atoms with Crippen LogP contribution in [-0.4, -0.2) is 33.3 Å². The monoisotopic (exact) mass is 248 g/mol. The molecule has 2 aromatic rings. The van der Waals surface area contributed by atoms with Gasteiger partial charge in [0.25, 0.3) is 0 Å². The number of nitrogens with one attached hydrogen (secondary N) is 1. The summed E-state index contributed by atoms with van der Waals surface area (Å²) in [4.78, 5) is 13.7. The average molecular weight is 248 g/mol. The highest BCUT2D eigenvalue weighted by molar-refractivity contribution is 5.83. The maximum atomic E-state index is 10.6. The summed E-state index contributed by atoms with van der Waals surface area (Å²) in [5.41, 5.74) is 7.36. The number of aliphatic hydroxyl groups excluding tert-OH is 1. The van der Waals surface area contributed by atoms with Crippen LogP contribution in [0.1, 0.15) is 12.0 Å². The number of H-pyrrole nitrogens is 1. The fourth-order valence-corrected chi connectivity index (χ4v) is 2.03. The Bertz CT molecular complexity index is 550. The van der Waals surface area contributed by atoms with Crippen LogP contribution in [0.2, 0.25) is 0 Å². The molecule has 0 aliphatic rings. The lowest BCUT2D eigenvalue weighted by Crippen LogP contribution is -2.34. The van der Waals surface area contributed by atoms with Crippen LogP contribution >= 0.6 is 0 Å². The van der Waals surface area contributed by atoms with Crippen molar-refractivity contribution in [1.82, 2.24) is 4.98 Å². The second-order valence-electron chi connectivity index (χ2n) is 4.40. The molecule has 18 heavy (non-hydrogen) atoms. The van der Waals surface area contributed by atoms with E-state index in [0.29, 0.717) is 6.42 Å². The Morgan fingerprint density at radius 2 is 2.11 bits per heavy atom. The van der Waals surface area contributed by atoms with Gasteiger partial charge in [0, 0.05) is 23.5 Å². The molecule has 2 atom stereocenters. The van der Waals surface area contributed by atoms with Crippen LogP contribution in [0.25, 0.3) is 10.9 Å². The molecule has 0 spiro atoms. The number of aromatic amines is 1. The third-order valence-corrected chi connectivity index (χ3v) is 2.97. The predicted octanol–water partition coefficient (Wildman–Crippen LogP) is 0.873. The van der Waals surface area contributed by atoms with Gasteiger partial charge in [0.15, 0.2) is 0 Å². The van der Waals surface area contributed by atoms with Gasteiger partial charge in [-0.3, -0.25) is 4.79 Å². The van der Waals surface area contributed by atoms with E-state index in [2.05, 4.69) is 4.98 Å². The first-order valence-electron chi connectivity index (χ1n) is 5.79. The number of carbonyl (C=O) groups is 1. The molecule has 5 N–H and O–H groups in total.